The van der Waals surface area contributed by atoms with Gasteiger partial charge >= 0.3 is 5.69 Å². The number of aryl methyl sites for hydroxylation is 1. The van der Waals surface area contributed by atoms with E-state index in [1.807, 2.05) is 17.8 Å². The summed E-state index contributed by atoms with van der Waals surface area (Å²) in [4.78, 5) is 18.9. The van der Waals surface area contributed by atoms with Gasteiger partial charge in [0.15, 0.2) is 0 Å². The number of rotatable bonds is 6. The monoisotopic (exact) mass is 276 g/mol. The fourth-order valence-electron chi connectivity index (χ4n) is 1.80. The Kier molecular flexibility index (Phi) is 4.14. The molecule has 0 saturated heterocycles. The standard InChI is InChI=1S/C12H16N6O2/c1-13-10-4-3-9(18(19)20)12(16-10)15-6-5-11-14-7-8-17(11)2/h3-4,7-8H,5-6H2,1-2H3,(H2,13,15,16). The first-order valence-electron chi connectivity index (χ1n) is 6.15. The van der Waals surface area contributed by atoms with Crippen molar-refractivity contribution in [2.24, 2.45) is 7.05 Å². The summed E-state index contributed by atoms with van der Waals surface area (Å²) in [7, 11) is 3.62. The van der Waals surface area contributed by atoms with Crippen LogP contribution in [0.15, 0.2) is 24.5 Å². The number of anilines is 2. The molecule has 0 amide bonds. The highest BCUT2D eigenvalue weighted by atomic mass is 16.6. The van der Waals surface area contributed by atoms with Crippen LogP contribution in [-0.2, 0) is 13.5 Å². The Balaban J connectivity index is 2.07. The van der Waals surface area contributed by atoms with Crippen molar-refractivity contribution in [1.29, 1.82) is 0 Å². The summed E-state index contributed by atoms with van der Waals surface area (Å²) in [6.07, 6.45) is 4.24. The van der Waals surface area contributed by atoms with Crippen LogP contribution in [-0.4, -0.2) is 33.1 Å². The molecule has 2 aromatic heterocycles. The molecule has 2 N–H and O–H groups in total. The van der Waals surface area contributed by atoms with Crippen LogP contribution in [0.25, 0.3) is 0 Å². The van der Waals surface area contributed by atoms with Crippen LogP contribution in [0.3, 0.4) is 0 Å². The van der Waals surface area contributed by atoms with E-state index in [1.54, 1.807) is 19.3 Å². The molecule has 0 aromatic carbocycles. The predicted octanol–water partition coefficient (Wildman–Crippen LogP) is 1.42. The minimum Gasteiger partial charge on any atom is -0.373 e. The molecule has 0 aliphatic carbocycles. The van der Waals surface area contributed by atoms with Gasteiger partial charge in [-0.1, -0.05) is 0 Å². The molecule has 0 bridgehead atoms. The van der Waals surface area contributed by atoms with E-state index in [9.17, 15) is 10.1 Å². The molecule has 8 nitrogen and oxygen atoms in total. The Morgan fingerprint density at radius 1 is 1.45 bits per heavy atom. The number of pyridine rings is 1. The smallest absolute Gasteiger partial charge is 0.311 e. The van der Waals surface area contributed by atoms with Crippen molar-refractivity contribution in [3.05, 3.63) is 40.5 Å². The van der Waals surface area contributed by atoms with E-state index in [-0.39, 0.29) is 11.5 Å². The maximum absolute atomic E-state index is 11.0. The van der Waals surface area contributed by atoms with Gasteiger partial charge in [-0.3, -0.25) is 10.1 Å². The molecule has 2 aromatic rings. The lowest BCUT2D eigenvalue weighted by Gasteiger charge is -2.08. The van der Waals surface area contributed by atoms with Gasteiger partial charge in [0.05, 0.1) is 4.92 Å². The van der Waals surface area contributed by atoms with Gasteiger partial charge in [0, 0.05) is 45.5 Å². The third kappa shape index (κ3) is 3.02. The molecule has 0 radical (unpaired) electrons. The lowest BCUT2D eigenvalue weighted by molar-refractivity contribution is -0.384. The SMILES string of the molecule is CNc1ccc([N+](=O)[O-])c(NCCc2nccn2C)n1. The second kappa shape index (κ2) is 6.00. The molecule has 0 saturated carbocycles. The first-order valence-corrected chi connectivity index (χ1v) is 6.15. The third-order valence-electron chi connectivity index (χ3n) is 2.89. The molecule has 2 heterocycles. The van der Waals surface area contributed by atoms with Crippen molar-refractivity contribution in [3.8, 4) is 0 Å². The van der Waals surface area contributed by atoms with E-state index in [2.05, 4.69) is 20.6 Å². The summed E-state index contributed by atoms with van der Waals surface area (Å²) in [5.74, 6) is 1.75. The fourth-order valence-corrected chi connectivity index (χ4v) is 1.80. The Hall–Kier alpha value is -2.64. The van der Waals surface area contributed by atoms with Crippen molar-refractivity contribution < 1.29 is 4.92 Å². The second-order valence-electron chi connectivity index (χ2n) is 4.20. The van der Waals surface area contributed by atoms with Gasteiger partial charge in [0.25, 0.3) is 0 Å². The normalized spacial score (nSPS) is 10.3. The van der Waals surface area contributed by atoms with Crippen LogP contribution in [0.5, 0.6) is 0 Å². The molecular weight excluding hydrogens is 260 g/mol. The van der Waals surface area contributed by atoms with E-state index in [0.717, 1.165) is 5.82 Å². The van der Waals surface area contributed by atoms with Gasteiger partial charge in [0.2, 0.25) is 5.82 Å². The van der Waals surface area contributed by atoms with Gasteiger partial charge in [-0.2, -0.15) is 0 Å². The van der Waals surface area contributed by atoms with E-state index in [0.29, 0.717) is 18.8 Å². The Bertz CT molecular complexity index is 610. The highest BCUT2D eigenvalue weighted by Crippen LogP contribution is 2.23. The molecular formula is C12H16N6O2. The fraction of sp³-hybridized carbons (Fsp3) is 0.333. The zero-order valence-electron chi connectivity index (χ0n) is 11.3. The van der Waals surface area contributed by atoms with Crippen molar-refractivity contribution in [2.75, 3.05) is 24.2 Å². The minimum atomic E-state index is -0.449. The van der Waals surface area contributed by atoms with Crippen LogP contribution in [0, 0.1) is 10.1 Å². The van der Waals surface area contributed by atoms with Gasteiger partial charge in [-0.15, -0.1) is 0 Å². The minimum absolute atomic E-state index is 0.0381. The molecule has 0 spiro atoms. The zero-order chi connectivity index (χ0) is 14.5. The molecule has 0 atom stereocenters. The van der Waals surface area contributed by atoms with Gasteiger partial charge in [-0.25, -0.2) is 9.97 Å². The van der Waals surface area contributed by atoms with Crippen molar-refractivity contribution in [1.82, 2.24) is 14.5 Å². The van der Waals surface area contributed by atoms with Crippen molar-refractivity contribution in [2.45, 2.75) is 6.42 Å². The molecule has 0 unspecified atom stereocenters. The average molecular weight is 276 g/mol. The summed E-state index contributed by atoms with van der Waals surface area (Å²) in [6.45, 7) is 0.520. The molecule has 0 fully saturated rings. The van der Waals surface area contributed by atoms with Crippen LogP contribution in [0.2, 0.25) is 0 Å². The largest absolute Gasteiger partial charge is 0.373 e. The topological polar surface area (TPSA) is 97.9 Å². The first-order chi connectivity index (χ1) is 9.61. The number of hydrogen-bond donors (Lipinski definition) is 2. The Labute approximate surface area is 116 Å². The van der Waals surface area contributed by atoms with E-state index in [1.165, 1.54) is 6.07 Å². The number of aromatic nitrogens is 3. The van der Waals surface area contributed by atoms with E-state index in [4.69, 9.17) is 0 Å². The summed E-state index contributed by atoms with van der Waals surface area (Å²) < 4.78 is 1.91. The highest BCUT2D eigenvalue weighted by molar-refractivity contribution is 5.60. The van der Waals surface area contributed by atoms with Crippen molar-refractivity contribution >= 4 is 17.3 Å². The number of nitrogens with zero attached hydrogens (tertiary/aromatic N) is 4. The Morgan fingerprint density at radius 3 is 2.85 bits per heavy atom. The van der Waals surface area contributed by atoms with Crippen LogP contribution < -0.4 is 10.6 Å². The maximum Gasteiger partial charge on any atom is 0.311 e. The number of nitrogens with one attached hydrogen (secondary N) is 2. The zero-order valence-corrected chi connectivity index (χ0v) is 11.3. The third-order valence-corrected chi connectivity index (χ3v) is 2.89. The molecule has 20 heavy (non-hydrogen) atoms. The van der Waals surface area contributed by atoms with Crippen LogP contribution in [0.1, 0.15) is 5.82 Å². The van der Waals surface area contributed by atoms with Gasteiger partial charge < -0.3 is 15.2 Å². The Morgan fingerprint density at radius 2 is 2.25 bits per heavy atom. The number of hydrogen-bond acceptors (Lipinski definition) is 6. The molecule has 0 aliphatic heterocycles. The van der Waals surface area contributed by atoms with Crippen molar-refractivity contribution in [3.63, 3.8) is 0 Å². The average Bonchev–Trinajstić information content (AvgIpc) is 2.84. The summed E-state index contributed by atoms with van der Waals surface area (Å²) in [5, 5.41) is 16.8. The van der Waals surface area contributed by atoms with Crippen LogP contribution in [0.4, 0.5) is 17.3 Å². The number of imidazole rings is 1. The summed E-state index contributed by atoms with van der Waals surface area (Å²) in [5.41, 5.74) is -0.0381. The lowest BCUT2D eigenvalue weighted by Crippen LogP contribution is -2.11. The van der Waals surface area contributed by atoms with Crippen LogP contribution >= 0.6 is 0 Å². The highest BCUT2D eigenvalue weighted by Gasteiger charge is 2.15. The predicted molar refractivity (Wildman–Crippen MR) is 75.8 cm³/mol. The van der Waals surface area contributed by atoms with E-state index >= 15 is 0 Å². The van der Waals surface area contributed by atoms with Gasteiger partial charge in [0.1, 0.15) is 11.6 Å². The first kappa shape index (κ1) is 13.8. The second-order valence-corrected chi connectivity index (χ2v) is 4.20. The molecule has 8 heteroatoms. The summed E-state index contributed by atoms with van der Waals surface area (Å²) in [6, 6.07) is 3.00. The maximum atomic E-state index is 11.0. The quantitative estimate of drug-likeness (QED) is 0.611. The lowest BCUT2D eigenvalue weighted by atomic mass is 10.3. The van der Waals surface area contributed by atoms with E-state index < -0.39 is 4.92 Å². The molecule has 0 aliphatic rings. The van der Waals surface area contributed by atoms with Gasteiger partial charge in [-0.05, 0) is 6.07 Å². The number of nitro groups is 1. The summed E-state index contributed by atoms with van der Waals surface area (Å²) >= 11 is 0. The molecule has 2 rings (SSSR count). The molecule has 106 valence electrons.